The molecule has 0 spiro atoms. The maximum atomic E-state index is 16.1. The summed E-state index contributed by atoms with van der Waals surface area (Å²) in [6.45, 7) is 0.515. The van der Waals surface area contributed by atoms with Crippen LogP contribution in [0.5, 0.6) is 5.75 Å². The molecule has 10 nitrogen and oxygen atoms in total. The monoisotopic (exact) mass is 639 g/mol. The molecule has 5 rings (SSSR count). The predicted molar refractivity (Wildman–Crippen MR) is 165 cm³/mol. The highest BCUT2D eigenvalue weighted by atomic mass is 35.5. The molecule has 0 radical (unpaired) electrons. The number of nitrogens with one attached hydrogen (secondary N) is 3. The van der Waals surface area contributed by atoms with Crippen LogP contribution < -0.4 is 20.7 Å². The van der Waals surface area contributed by atoms with Crippen molar-refractivity contribution in [2.75, 3.05) is 39.6 Å². The van der Waals surface area contributed by atoms with Crippen molar-refractivity contribution in [2.24, 2.45) is 5.92 Å². The molecule has 3 aromatic carbocycles. The average Bonchev–Trinajstić information content (AvgIpc) is 3.44. The maximum Gasteiger partial charge on any atom is 0.326 e. The van der Waals surface area contributed by atoms with Crippen molar-refractivity contribution in [1.82, 2.24) is 20.4 Å². The van der Waals surface area contributed by atoms with Crippen LogP contribution in [0, 0.1) is 17.6 Å². The van der Waals surface area contributed by atoms with Crippen molar-refractivity contribution in [1.29, 1.82) is 0 Å². The van der Waals surface area contributed by atoms with Gasteiger partial charge in [-0.2, -0.15) is 0 Å². The second kappa shape index (κ2) is 13.2. The Bertz CT molecular complexity index is 1690. The van der Waals surface area contributed by atoms with E-state index in [1.54, 1.807) is 24.3 Å². The highest BCUT2D eigenvalue weighted by molar-refractivity contribution is 6.36. The van der Waals surface area contributed by atoms with E-state index < -0.39 is 35.4 Å². The number of hydrogen-bond acceptors (Lipinski definition) is 6. The Morgan fingerprint density at radius 1 is 1.07 bits per heavy atom. The third kappa shape index (κ3) is 6.47. The van der Waals surface area contributed by atoms with E-state index in [4.69, 9.17) is 16.3 Å². The highest BCUT2D eigenvalue weighted by Gasteiger charge is 2.39. The summed E-state index contributed by atoms with van der Waals surface area (Å²) >= 11 is 6.66. The van der Waals surface area contributed by atoms with Crippen LogP contribution in [-0.2, 0) is 20.9 Å². The predicted octanol–water partition coefficient (Wildman–Crippen LogP) is 4.41. The number of benzene rings is 3. The summed E-state index contributed by atoms with van der Waals surface area (Å²) in [6, 6.07) is 11.6. The number of carbonyl (C=O) groups excluding carboxylic acids is 4. The second-order valence-corrected chi connectivity index (χ2v) is 11.4. The van der Waals surface area contributed by atoms with Crippen LogP contribution in [0.3, 0.4) is 0 Å². The van der Waals surface area contributed by atoms with E-state index in [2.05, 4.69) is 16.0 Å². The number of methoxy groups -OCH3 is 1. The quantitative estimate of drug-likeness (QED) is 0.299. The summed E-state index contributed by atoms with van der Waals surface area (Å²) in [5.41, 5.74) is 1.14. The van der Waals surface area contributed by atoms with E-state index >= 15 is 8.78 Å². The average molecular weight is 640 g/mol. The summed E-state index contributed by atoms with van der Waals surface area (Å²) in [6.07, 6.45) is 1.17. The van der Waals surface area contributed by atoms with Gasteiger partial charge >= 0.3 is 6.03 Å². The molecule has 2 aliphatic heterocycles. The molecule has 2 saturated heterocycles. The second-order valence-electron chi connectivity index (χ2n) is 11.0. The number of carbonyl (C=O) groups is 4. The lowest BCUT2D eigenvalue weighted by atomic mass is 9.96. The molecule has 3 N–H and O–H groups in total. The zero-order valence-corrected chi connectivity index (χ0v) is 25.6. The molecular formula is C32H32ClF2N5O5. The van der Waals surface area contributed by atoms with Gasteiger partial charge in [-0.25, -0.2) is 13.6 Å². The Morgan fingerprint density at radius 3 is 2.49 bits per heavy atom. The van der Waals surface area contributed by atoms with Gasteiger partial charge in [-0.1, -0.05) is 41.9 Å². The maximum absolute atomic E-state index is 16.1. The molecule has 2 aliphatic rings. The molecule has 0 aromatic heterocycles. The van der Waals surface area contributed by atoms with Crippen LogP contribution in [0.1, 0.15) is 18.4 Å². The fourth-order valence-electron chi connectivity index (χ4n) is 5.55. The lowest BCUT2D eigenvalue weighted by molar-refractivity contribution is -0.140. The number of hydrogen-bond donors (Lipinski definition) is 3. The summed E-state index contributed by atoms with van der Waals surface area (Å²) in [5.74, 6) is -3.49. The van der Waals surface area contributed by atoms with Crippen LogP contribution in [0.25, 0.3) is 22.3 Å². The third-order valence-electron chi connectivity index (χ3n) is 8.02. The minimum Gasteiger partial charge on any atom is -0.496 e. The van der Waals surface area contributed by atoms with Crippen LogP contribution in [0.15, 0.2) is 48.5 Å². The molecule has 1 unspecified atom stereocenters. The molecule has 236 valence electrons. The first-order valence-corrected chi connectivity index (χ1v) is 14.7. The number of anilines is 1. The molecule has 0 saturated carbocycles. The van der Waals surface area contributed by atoms with Crippen LogP contribution in [0.4, 0.5) is 19.3 Å². The molecule has 0 aliphatic carbocycles. The van der Waals surface area contributed by atoms with Crippen molar-refractivity contribution in [3.8, 4) is 28.0 Å². The molecule has 2 atom stereocenters. The zero-order valence-electron chi connectivity index (χ0n) is 24.9. The smallest absolute Gasteiger partial charge is 0.326 e. The SMILES string of the molecule is COc1cc(-c2cccc(-c3cccc(NC(=O)C4CN(C)C(=O)N(C)C4=O)c3Cl)c2F)cc(F)c1CNC[C@@H]1CCC(=O)N1. The summed E-state index contributed by atoms with van der Waals surface area (Å²) in [4.78, 5) is 51.3. The third-order valence-corrected chi connectivity index (χ3v) is 8.43. The normalized spacial score (nSPS) is 18.3. The number of rotatable bonds is 9. The fraction of sp³-hybridized carbons (Fsp3) is 0.312. The number of imide groups is 1. The largest absolute Gasteiger partial charge is 0.496 e. The zero-order chi connectivity index (χ0) is 32.4. The fourth-order valence-corrected chi connectivity index (χ4v) is 5.83. The number of halogens is 3. The van der Waals surface area contributed by atoms with Gasteiger partial charge in [0.05, 0.1) is 17.8 Å². The Kier molecular flexibility index (Phi) is 9.35. The number of amides is 5. The van der Waals surface area contributed by atoms with Gasteiger partial charge in [0.15, 0.2) is 0 Å². The highest BCUT2D eigenvalue weighted by Crippen LogP contribution is 2.39. The topological polar surface area (TPSA) is 120 Å². The van der Waals surface area contributed by atoms with Gasteiger partial charge in [0.2, 0.25) is 17.7 Å². The van der Waals surface area contributed by atoms with E-state index in [1.165, 1.54) is 50.4 Å². The van der Waals surface area contributed by atoms with Gasteiger partial charge in [0.1, 0.15) is 23.3 Å². The summed E-state index contributed by atoms with van der Waals surface area (Å²) < 4.78 is 36.9. The van der Waals surface area contributed by atoms with Gasteiger partial charge in [-0.15, -0.1) is 0 Å². The van der Waals surface area contributed by atoms with Crippen molar-refractivity contribution in [2.45, 2.75) is 25.4 Å². The summed E-state index contributed by atoms with van der Waals surface area (Å²) in [7, 11) is 4.19. The molecule has 3 aromatic rings. The molecule has 2 fully saturated rings. The van der Waals surface area contributed by atoms with Crippen molar-refractivity contribution in [3.63, 3.8) is 0 Å². The van der Waals surface area contributed by atoms with E-state index in [1.807, 2.05) is 0 Å². The summed E-state index contributed by atoms with van der Waals surface area (Å²) in [5, 5.41) is 8.66. The van der Waals surface area contributed by atoms with Gasteiger partial charge < -0.3 is 25.6 Å². The van der Waals surface area contributed by atoms with Crippen molar-refractivity contribution >= 4 is 41.0 Å². The number of urea groups is 1. The number of ether oxygens (including phenoxy) is 1. The molecule has 45 heavy (non-hydrogen) atoms. The van der Waals surface area contributed by atoms with E-state index in [-0.39, 0.29) is 69.3 Å². The first-order chi connectivity index (χ1) is 21.5. The minimum atomic E-state index is -1.15. The molecule has 5 amide bonds. The van der Waals surface area contributed by atoms with Gasteiger partial charge in [0, 0.05) is 68.4 Å². The Labute approximate surface area is 263 Å². The molecule has 0 bridgehead atoms. The van der Waals surface area contributed by atoms with Gasteiger partial charge in [-0.3, -0.25) is 19.3 Å². The van der Waals surface area contributed by atoms with Gasteiger partial charge in [0.25, 0.3) is 0 Å². The Hall–Kier alpha value is -4.55. The molecular weight excluding hydrogens is 608 g/mol. The van der Waals surface area contributed by atoms with E-state index in [0.29, 0.717) is 19.4 Å². The van der Waals surface area contributed by atoms with Crippen LogP contribution in [-0.4, -0.2) is 73.9 Å². The lowest BCUT2D eigenvalue weighted by Gasteiger charge is -2.33. The molecule has 2 heterocycles. The first kappa shape index (κ1) is 31.9. The van der Waals surface area contributed by atoms with Crippen molar-refractivity contribution < 1.29 is 32.7 Å². The van der Waals surface area contributed by atoms with Crippen LogP contribution in [0.2, 0.25) is 5.02 Å². The molecule has 13 heteroatoms. The van der Waals surface area contributed by atoms with Crippen LogP contribution >= 0.6 is 11.6 Å². The minimum absolute atomic E-state index is 0.00678. The Morgan fingerprint density at radius 2 is 1.78 bits per heavy atom. The lowest BCUT2D eigenvalue weighted by Crippen LogP contribution is -2.56. The first-order valence-electron chi connectivity index (χ1n) is 14.3. The van der Waals surface area contributed by atoms with Gasteiger partial charge in [-0.05, 0) is 30.2 Å². The number of nitrogens with zero attached hydrogens (tertiary/aromatic N) is 2. The standard InChI is InChI=1S/C32H32ClF2N5O5/c1-39-16-23(31(43)40(2)32(39)44)30(42)38-25-9-5-7-20(28(25)33)21-8-4-6-19(29(21)35)17-12-24(34)22(26(13-17)45-3)15-36-14-18-10-11-27(41)37-18/h4-9,12-13,18,23,36H,10-11,14-16H2,1-3H3,(H,37,41)(H,38,42)/t18-,23?/m0/s1. The van der Waals surface area contributed by atoms with E-state index in [9.17, 15) is 19.2 Å². The van der Waals surface area contributed by atoms with Crippen molar-refractivity contribution in [3.05, 3.63) is 70.8 Å². The Balaban J connectivity index is 1.38. The van der Waals surface area contributed by atoms with E-state index in [0.717, 1.165) is 4.90 Å².